The molecule has 2 aromatic rings. The SMILES string of the molecule is NC(=O)CCCc1cncc(Oc2cccc(C(F)(F)F)c2)n1. The average Bonchev–Trinajstić information content (AvgIpc) is 2.47. The van der Waals surface area contributed by atoms with Gasteiger partial charge in [-0.3, -0.25) is 9.78 Å². The largest absolute Gasteiger partial charge is 0.437 e. The van der Waals surface area contributed by atoms with E-state index in [2.05, 4.69) is 9.97 Å². The van der Waals surface area contributed by atoms with Gasteiger partial charge in [-0.05, 0) is 31.0 Å². The molecule has 8 heteroatoms. The number of benzene rings is 1. The Bertz CT molecular complexity index is 690. The van der Waals surface area contributed by atoms with E-state index in [0.717, 1.165) is 12.1 Å². The minimum atomic E-state index is -4.44. The molecule has 0 radical (unpaired) electrons. The highest BCUT2D eigenvalue weighted by molar-refractivity contribution is 5.73. The van der Waals surface area contributed by atoms with Crippen LogP contribution in [-0.2, 0) is 17.4 Å². The number of aromatic nitrogens is 2. The zero-order valence-electron chi connectivity index (χ0n) is 12.0. The molecule has 0 spiro atoms. The molecule has 5 nitrogen and oxygen atoms in total. The van der Waals surface area contributed by atoms with Crippen molar-refractivity contribution in [1.29, 1.82) is 0 Å². The van der Waals surface area contributed by atoms with Gasteiger partial charge in [0.25, 0.3) is 0 Å². The first-order valence-corrected chi connectivity index (χ1v) is 6.79. The quantitative estimate of drug-likeness (QED) is 0.885. The van der Waals surface area contributed by atoms with Crippen LogP contribution in [0, 0.1) is 0 Å². The summed E-state index contributed by atoms with van der Waals surface area (Å²) in [7, 11) is 0. The van der Waals surface area contributed by atoms with Crippen LogP contribution in [0.5, 0.6) is 11.6 Å². The zero-order chi connectivity index (χ0) is 16.9. The lowest BCUT2D eigenvalue weighted by atomic mass is 10.2. The second kappa shape index (κ2) is 7.08. The summed E-state index contributed by atoms with van der Waals surface area (Å²) in [4.78, 5) is 18.7. The van der Waals surface area contributed by atoms with Gasteiger partial charge in [-0.15, -0.1) is 0 Å². The van der Waals surface area contributed by atoms with Crippen LogP contribution < -0.4 is 10.5 Å². The predicted octanol–water partition coefficient (Wildman–Crippen LogP) is 3.10. The van der Waals surface area contributed by atoms with Crippen LogP contribution >= 0.6 is 0 Å². The summed E-state index contributed by atoms with van der Waals surface area (Å²) >= 11 is 0. The average molecular weight is 325 g/mol. The third-order valence-electron chi connectivity index (χ3n) is 2.90. The summed E-state index contributed by atoms with van der Waals surface area (Å²) in [6.07, 6.45) is -0.438. The van der Waals surface area contributed by atoms with Crippen molar-refractivity contribution in [3.05, 3.63) is 47.9 Å². The summed E-state index contributed by atoms with van der Waals surface area (Å²) in [5, 5.41) is 0. The number of primary amides is 1. The third kappa shape index (κ3) is 5.24. The van der Waals surface area contributed by atoms with Crippen molar-refractivity contribution in [2.75, 3.05) is 0 Å². The number of hydrogen-bond acceptors (Lipinski definition) is 4. The molecular weight excluding hydrogens is 311 g/mol. The molecule has 0 unspecified atom stereocenters. The lowest BCUT2D eigenvalue weighted by Crippen LogP contribution is -2.10. The maximum absolute atomic E-state index is 12.7. The molecule has 0 aliphatic rings. The van der Waals surface area contributed by atoms with E-state index in [4.69, 9.17) is 10.5 Å². The summed E-state index contributed by atoms with van der Waals surface area (Å²) in [5.74, 6) is -0.307. The minimum absolute atomic E-state index is 0.0170. The lowest BCUT2D eigenvalue weighted by Gasteiger charge is -2.09. The monoisotopic (exact) mass is 325 g/mol. The van der Waals surface area contributed by atoms with Crippen LogP contribution in [0.2, 0.25) is 0 Å². The first-order valence-electron chi connectivity index (χ1n) is 6.79. The summed E-state index contributed by atoms with van der Waals surface area (Å²) in [6, 6.07) is 4.50. The second-order valence-electron chi connectivity index (χ2n) is 4.80. The molecule has 2 N–H and O–H groups in total. The van der Waals surface area contributed by atoms with Crippen LogP contribution in [-0.4, -0.2) is 15.9 Å². The van der Waals surface area contributed by atoms with Gasteiger partial charge in [0.1, 0.15) is 5.75 Å². The number of carbonyl (C=O) groups is 1. The molecule has 1 amide bonds. The first kappa shape index (κ1) is 16.7. The van der Waals surface area contributed by atoms with Gasteiger partial charge in [0, 0.05) is 12.6 Å². The van der Waals surface area contributed by atoms with Crippen molar-refractivity contribution in [3.63, 3.8) is 0 Å². The number of amides is 1. The highest BCUT2D eigenvalue weighted by Gasteiger charge is 2.30. The maximum atomic E-state index is 12.7. The van der Waals surface area contributed by atoms with Crippen molar-refractivity contribution < 1.29 is 22.7 Å². The molecule has 1 heterocycles. The Kier molecular flexibility index (Phi) is 5.15. The normalized spacial score (nSPS) is 11.3. The molecule has 0 aliphatic carbocycles. The van der Waals surface area contributed by atoms with Gasteiger partial charge < -0.3 is 10.5 Å². The molecule has 0 fully saturated rings. The van der Waals surface area contributed by atoms with E-state index < -0.39 is 17.6 Å². The zero-order valence-corrected chi connectivity index (χ0v) is 12.0. The molecule has 0 saturated carbocycles. The molecular formula is C15H14F3N3O2. The summed E-state index contributed by atoms with van der Waals surface area (Å²) < 4.78 is 43.3. The van der Waals surface area contributed by atoms with Crippen molar-refractivity contribution in [2.24, 2.45) is 5.73 Å². The Balaban J connectivity index is 2.07. The number of nitrogens with zero attached hydrogens (tertiary/aromatic N) is 2. The Morgan fingerprint density at radius 2 is 2.04 bits per heavy atom. The van der Waals surface area contributed by atoms with Crippen molar-refractivity contribution in [2.45, 2.75) is 25.4 Å². The Morgan fingerprint density at radius 3 is 2.74 bits per heavy atom. The molecule has 2 rings (SSSR count). The number of halogens is 3. The molecule has 122 valence electrons. The van der Waals surface area contributed by atoms with E-state index in [0.29, 0.717) is 18.5 Å². The molecule has 0 atom stereocenters. The topological polar surface area (TPSA) is 78.1 Å². The minimum Gasteiger partial charge on any atom is -0.437 e. The van der Waals surface area contributed by atoms with Crippen LogP contribution in [0.4, 0.5) is 13.2 Å². The third-order valence-corrected chi connectivity index (χ3v) is 2.90. The van der Waals surface area contributed by atoms with Crippen molar-refractivity contribution >= 4 is 5.91 Å². The number of rotatable bonds is 6. The Morgan fingerprint density at radius 1 is 1.26 bits per heavy atom. The fourth-order valence-electron chi connectivity index (χ4n) is 1.86. The number of nitrogens with two attached hydrogens (primary N) is 1. The van der Waals surface area contributed by atoms with Crippen LogP contribution in [0.15, 0.2) is 36.7 Å². The van der Waals surface area contributed by atoms with Gasteiger partial charge >= 0.3 is 6.18 Å². The van der Waals surface area contributed by atoms with Crippen LogP contribution in [0.25, 0.3) is 0 Å². The number of ether oxygens (including phenoxy) is 1. The van der Waals surface area contributed by atoms with Crippen LogP contribution in [0.3, 0.4) is 0 Å². The fourth-order valence-corrected chi connectivity index (χ4v) is 1.86. The van der Waals surface area contributed by atoms with E-state index in [-0.39, 0.29) is 18.1 Å². The van der Waals surface area contributed by atoms with E-state index in [1.165, 1.54) is 24.5 Å². The van der Waals surface area contributed by atoms with Gasteiger partial charge in [0.2, 0.25) is 11.8 Å². The standard InChI is InChI=1S/C15H14F3N3O2/c16-15(17,18)10-3-1-5-12(7-10)23-14-9-20-8-11(21-14)4-2-6-13(19)22/h1,3,5,7-9H,2,4,6H2,(H2,19,22). The van der Waals surface area contributed by atoms with Crippen molar-refractivity contribution in [3.8, 4) is 11.6 Å². The summed E-state index contributed by atoms with van der Waals surface area (Å²) in [5.41, 5.74) is 4.81. The number of aryl methyl sites for hydroxylation is 1. The van der Waals surface area contributed by atoms with Crippen LogP contribution in [0.1, 0.15) is 24.1 Å². The first-order chi connectivity index (χ1) is 10.8. The smallest absolute Gasteiger partial charge is 0.416 e. The highest BCUT2D eigenvalue weighted by atomic mass is 19.4. The Hall–Kier alpha value is -2.64. The van der Waals surface area contributed by atoms with E-state index >= 15 is 0 Å². The lowest BCUT2D eigenvalue weighted by molar-refractivity contribution is -0.137. The second-order valence-corrected chi connectivity index (χ2v) is 4.80. The number of hydrogen-bond donors (Lipinski definition) is 1. The molecule has 23 heavy (non-hydrogen) atoms. The van der Waals surface area contributed by atoms with Gasteiger partial charge in [-0.1, -0.05) is 6.07 Å². The highest BCUT2D eigenvalue weighted by Crippen LogP contribution is 2.32. The molecule has 0 aliphatic heterocycles. The molecule has 1 aromatic heterocycles. The fraction of sp³-hybridized carbons (Fsp3) is 0.267. The van der Waals surface area contributed by atoms with Gasteiger partial charge in [0.05, 0.1) is 17.5 Å². The van der Waals surface area contributed by atoms with Gasteiger partial charge in [-0.25, -0.2) is 4.98 Å². The number of carbonyl (C=O) groups excluding carboxylic acids is 1. The predicted molar refractivity (Wildman–Crippen MR) is 75.7 cm³/mol. The summed E-state index contributed by atoms with van der Waals surface area (Å²) in [6.45, 7) is 0. The number of alkyl halides is 3. The van der Waals surface area contributed by atoms with E-state index in [1.807, 2.05) is 0 Å². The maximum Gasteiger partial charge on any atom is 0.416 e. The Labute approximate surface area is 130 Å². The van der Waals surface area contributed by atoms with E-state index in [9.17, 15) is 18.0 Å². The molecule has 0 bridgehead atoms. The molecule has 1 aromatic carbocycles. The van der Waals surface area contributed by atoms with Gasteiger partial charge in [0.15, 0.2) is 0 Å². The van der Waals surface area contributed by atoms with E-state index in [1.54, 1.807) is 0 Å². The van der Waals surface area contributed by atoms with Crippen molar-refractivity contribution in [1.82, 2.24) is 9.97 Å². The van der Waals surface area contributed by atoms with Gasteiger partial charge in [-0.2, -0.15) is 13.2 Å². The molecule has 0 saturated heterocycles.